The minimum atomic E-state index is -0.469. The molecule has 0 aliphatic heterocycles. The third kappa shape index (κ3) is 4.76. The van der Waals surface area contributed by atoms with Crippen LogP contribution in [0.15, 0.2) is 46.1 Å². The molecule has 152 valence electrons. The van der Waals surface area contributed by atoms with Crippen LogP contribution in [0, 0.1) is 19.7 Å². The van der Waals surface area contributed by atoms with Gasteiger partial charge in [0.25, 0.3) is 5.91 Å². The number of benzene rings is 1. The number of hydrogen-bond donors (Lipinski definition) is 1. The van der Waals surface area contributed by atoms with Gasteiger partial charge in [-0.3, -0.25) is 4.79 Å². The number of rotatable bonds is 7. The van der Waals surface area contributed by atoms with Crippen LogP contribution in [0.4, 0.5) is 4.39 Å². The molecule has 2 heterocycles. The Morgan fingerprint density at radius 3 is 2.79 bits per heavy atom. The van der Waals surface area contributed by atoms with Crippen molar-refractivity contribution in [3.63, 3.8) is 0 Å². The highest BCUT2D eigenvalue weighted by atomic mass is 32.2. The molecule has 0 saturated carbocycles. The van der Waals surface area contributed by atoms with E-state index in [1.165, 1.54) is 24.9 Å². The van der Waals surface area contributed by atoms with Crippen LogP contribution in [0.3, 0.4) is 0 Å². The van der Waals surface area contributed by atoms with Crippen LogP contribution in [-0.4, -0.2) is 23.2 Å². The standard InChI is InChI=1S/C21H22FN3O3S/c1-12(15-7-8-19(27-4)18(22)10-15)24-20(26)16-6-5-9-23-21(16)29-11-17-13(2)25-28-14(17)3/h5-10,12H,11H2,1-4H3,(H,24,26). The molecule has 1 amide bonds. The summed E-state index contributed by atoms with van der Waals surface area (Å²) in [6, 6.07) is 7.68. The fourth-order valence-corrected chi connectivity index (χ4v) is 3.98. The summed E-state index contributed by atoms with van der Waals surface area (Å²) < 4.78 is 24.1. The largest absolute Gasteiger partial charge is 0.494 e. The van der Waals surface area contributed by atoms with E-state index in [1.54, 1.807) is 37.4 Å². The van der Waals surface area contributed by atoms with Gasteiger partial charge < -0.3 is 14.6 Å². The first-order valence-electron chi connectivity index (χ1n) is 9.04. The van der Waals surface area contributed by atoms with Crippen molar-refractivity contribution in [3.05, 3.63) is 70.5 Å². The summed E-state index contributed by atoms with van der Waals surface area (Å²) in [5.41, 5.74) is 2.93. The summed E-state index contributed by atoms with van der Waals surface area (Å²) in [4.78, 5) is 17.2. The van der Waals surface area contributed by atoms with Gasteiger partial charge in [0, 0.05) is 17.5 Å². The Hall–Kier alpha value is -2.87. The van der Waals surface area contributed by atoms with Crippen LogP contribution in [0.25, 0.3) is 0 Å². The van der Waals surface area contributed by atoms with Gasteiger partial charge in [-0.2, -0.15) is 0 Å². The summed E-state index contributed by atoms with van der Waals surface area (Å²) in [6.45, 7) is 5.54. The van der Waals surface area contributed by atoms with E-state index in [-0.39, 0.29) is 17.7 Å². The van der Waals surface area contributed by atoms with Gasteiger partial charge in [0.2, 0.25) is 0 Å². The number of pyridine rings is 1. The third-order valence-electron chi connectivity index (χ3n) is 4.57. The predicted molar refractivity (Wildman–Crippen MR) is 109 cm³/mol. The van der Waals surface area contributed by atoms with Crippen LogP contribution in [0.1, 0.15) is 45.9 Å². The van der Waals surface area contributed by atoms with Crippen molar-refractivity contribution >= 4 is 17.7 Å². The van der Waals surface area contributed by atoms with Gasteiger partial charge in [-0.25, -0.2) is 9.37 Å². The normalized spacial score (nSPS) is 11.9. The Morgan fingerprint density at radius 2 is 2.14 bits per heavy atom. The van der Waals surface area contributed by atoms with E-state index in [9.17, 15) is 9.18 Å². The molecule has 6 nitrogen and oxygen atoms in total. The molecule has 1 unspecified atom stereocenters. The van der Waals surface area contributed by atoms with Crippen molar-refractivity contribution in [3.8, 4) is 5.75 Å². The number of amides is 1. The Balaban J connectivity index is 1.73. The molecule has 0 bridgehead atoms. The lowest BCUT2D eigenvalue weighted by atomic mass is 10.1. The molecule has 8 heteroatoms. The fraction of sp³-hybridized carbons (Fsp3) is 0.286. The van der Waals surface area contributed by atoms with E-state index in [4.69, 9.17) is 9.26 Å². The molecule has 0 spiro atoms. The fourth-order valence-electron chi connectivity index (χ4n) is 2.84. The second kappa shape index (κ2) is 9.09. The highest BCUT2D eigenvalue weighted by Gasteiger charge is 2.18. The lowest BCUT2D eigenvalue weighted by Gasteiger charge is -2.16. The molecule has 2 aromatic heterocycles. The van der Waals surface area contributed by atoms with Gasteiger partial charge in [-0.15, -0.1) is 11.8 Å². The molecule has 0 aliphatic carbocycles. The van der Waals surface area contributed by atoms with Crippen LogP contribution < -0.4 is 10.1 Å². The van der Waals surface area contributed by atoms with Gasteiger partial charge in [-0.1, -0.05) is 11.2 Å². The number of thioether (sulfide) groups is 1. The number of aromatic nitrogens is 2. The predicted octanol–water partition coefficient (Wildman–Crippen LogP) is 4.62. The highest BCUT2D eigenvalue weighted by molar-refractivity contribution is 7.98. The summed E-state index contributed by atoms with van der Waals surface area (Å²) in [5.74, 6) is 0.772. The molecule has 1 N–H and O–H groups in total. The van der Waals surface area contributed by atoms with Crippen molar-refractivity contribution in [2.75, 3.05) is 7.11 Å². The minimum Gasteiger partial charge on any atom is -0.494 e. The number of nitrogens with zero attached hydrogens (tertiary/aromatic N) is 2. The number of carbonyl (C=O) groups excluding carboxylic acids is 1. The van der Waals surface area contributed by atoms with E-state index >= 15 is 0 Å². The molecule has 0 aliphatic rings. The van der Waals surface area contributed by atoms with Crippen LogP contribution in [0.5, 0.6) is 5.75 Å². The average molecular weight is 415 g/mol. The van der Waals surface area contributed by atoms with Crippen LogP contribution in [0.2, 0.25) is 0 Å². The molecular weight excluding hydrogens is 393 g/mol. The molecule has 0 fully saturated rings. The molecule has 29 heavy (non-hydrogen) atoms. The topological polar surface area (TPSA) is 77.2 Å². The SMILES string of the molecule is COc1ccc(C(C)NC(=O)c2cccnc2SCc2c(C)noc2C)cc1F. The first kappa shape index (κ1) is 20.9. The number of nitrogens with one attached hydrogen (secondary N) is 1. The Morgan fingerprint density at radius 1 is 1.34 bits per heavy atom. The second-order valence-corrected chi connectivity index (χ2v) is 7.50. The maximum absolute atomic E-state index is 14.0. The quantitative estimate of drug-likeness (QED) is 0.568. The average Bonchev–Trinajstić information content (AvgIpc) is 3.04. The zero-order valence-electron chi connectivity index (χ0n) is 16.7. The number of methoxy groups -OCH3 is 1. The monoisotopic (exact) mass is 415 g/mol. The van der Waals surface area contributed by atoms with Crippen molar-refractivity contribution in [1.29, 1.82) is 0 Å². The van der Waals surface area contributed by atoms with Gasteiger partial charge in [0.05, 0.1) is 24.4 Å². The third-order valence-corrected chi connectivity index (χ3v) is 5.61. The second-order valence-electron chi connectivity index (χ2n) is 6.54. The van der Waals surface area contributed by atoms with Gasteiger partial charge in [0.15, 0.2) is 11.6 Å². The number of halogens is 1. The number of ether oxygens (including phenoxy) is 1. The summed E-state index contributed by atoms with van der Waals surface area (Å²) in [7, 11) is 1.41. The van der Waals surface area contributed by atoms with E-state index < -0.39 is 5.82 Å². The van der Waals surface area contributed by atoms with E-state index in [0.717, 1.165) is 17.0 Å². The maximum Gasteiger partial charge on any atom is 0.254 e. The Bertz CT molecular complexity index is 1000. The summed E-state index contributed by atoms with van der Waals surface area (Å²) in [6.07, 6.45) is 1.65. The van der Waals surface area contributed by atoms with Gasteiger partial charge >= 0.3 is 0 Å². The smallest absolute Gasteiger partial charge is 0.254 e. The Labute approximate surface area is 172 Å². The van der Waals surface area contributed by atoms with Crippen molar-refractivity contribution < 1.29 is 18.4 Å². The van der Waals surface area contributed by atoms with Gasteiger partial charge in [-0.05, 0) is 50.6 Å². The molecule has 3 aromatic rings. The summed E-state index contributed by atoms with van der Waals surface area (Å²) >= 11 is 1.44. The number of hydrogen-bond acceptors (Lipinski definition) is 6. The van der Waals surface area contributed by atoms with E-state index in [2.05, 4.69) is 15.5 Å². The van der Waals surface area contributed by atoms with Crippen LogP contribution >= 0.6 is 11.8 Å². The molecule has 0 saturated heterocycles. The lowest BCUT2D eigenvalue weighted by molar-refractivity contribution is 0.0936. The van der Waals surface area contributed by atoms with Crippen molar-refractivity contribution in [2.45, 2.75) is 37.6 Å². The highest BCUT2D eigenvalue weighted by Crippen LogP contribution is 2.28. The molecule has 3 rings (SSSR count). The van der Waals surface area contributed by atoms with Crippen molar-refractivity contribution in [2.24, 2.45) is 0 Å². The first-order valence-corrected chi connectivity index (χ1v) is 10.0. The summed E-state index contributed by atoms with van der Waals surface area (Å²) in [5, 5.41) is 7.46. The van der Waals surface area contributed by atoms with Crippen molar-refractivity contribution in [1.82, 2.24) is 15.5 Å². The number of aryl methyl sites for hydroxylation is 2. The van der Waals surface area contributed by atoms with Gasteiger partial charge in [0.1, 0.15) is 10.8 Å². The lowest BCUT2D eigenvalue weighted by Crippen LogP contribution is -2.27. The minimum absolute atomic E-state index is 0.164. The number of carbonyl (C=O) groups is 1. The maximum atomic E-state index is 14.0. The molecular formula is C21H22FN3O3S. The molecule has 1 aromatic carbocycles. The molecule has 1 atom stereocenters. The van der Waals surface area contributed by atoms with Crippen LogP contribution in [-0.2, 0) is 5.75 Å². The van der Waals surface area contributed by atoms with E-state index in [1.807, 2.05) is 13.8 Å². The Kier molecular flexibility index (Phi) is 6.53. The zero-order valence-corrected chi connectivity index (χ0v) is 17.5. The first-order chi connectivity index (χ1) is 13.9. The molecule has 0 radical (unpaired) electrons. The van der Waals surface area contributed by atoms with E-state index in [0.29, 0.717) is 21.9 Å². The zero-order chi connectivity index (χ0) is 21.0.